The van der Waals surface area contributed by atoms with Gasteiger partial charge in [0, 0.05) is 11.4 Å². The van der Waals surface area contributed by atoms with Crippen molar-refractivity contribution in [1.29, 1.82) is 0 Å². The van der Waals surface area contributed by atoms with Crippen LogP contribution in [0.1, 0.15) is 23.3 Å². The van der Waals surface area contributed by atoms with E-state index in [4.69, 9.17) is 5.73 Å². The van der Waals surface area contributed by atoms with Crippen molar-refractivity contribution in [3.8, 4) is 0 Å². The third kappa shape index (κ3) is 2.06. The molecule has 1 aliphatic carbocycles. The largest absolute Gasteiger partial charge is 0.351 e. The van der Waals surface area contributed by atoms with Gasteiger partial charge in [0.2, 0.25) is 5.91 Å². The number of nitrogens with one attached hydrogen (secondary N) is 1. The summed E-state index contributed by atoms with van der Waals surface area (Å²) in [5.41, 5.74) is 6.61. The summed E-state index contributed by atoms with van der Waals surface area (Å²) in [5.74, 6) is 0.123. The average Bonchev–Trinajstić information content (AvgIpc) is 2.94. The predicted octanol–water partition coefficient (Wildman–Crippen LogP) is 1.41. The number of nitrogens with two attached hydrogens (primary N) is 1. The highest BCUT2D eigenvalue weighted by Crippen LogP contribution is 2.44. The molecule has 0 aromatic carbocycles. The Kier molecular flexibility index (Phi) is 2.80. The summed E-state index contributed by atoms with van der Waals surface area (Å²) in [6, 6.07) is 2.07. The standard InChI is InChI=1S/C11H16N2OS/c1-8-2-5-15-9(8)6-13-10(14)11(7-12)3-4-11/h2,5H,3-4,6-7,12H2,1H3,(H,13,14). The minimum atomic E-state index is -0.231. The number of carbonyl (C=O) groups excluding carboxylic acids is 1. The minimum Gasteiger partial charge on any atom is -0.351 e. The van der Waals surface area contributed by atoms with Crippen molar-refractivity contribution in [3.63, 3.8) is 0 Å². The molecule has 4 heteroatoms. The Bertz CT molecular complexity index is 368. The molecule has 1 heterocycles. The van der Waals surface area contributed by atoms with Gasteiger partial charge in [0.15, 0.2) is 0 Å². The first kappa shape index (κ1) is 10.6. The lowest BCUT2D eigenvalue weighted by Crippen LogP contribution is -2.36. The van der Waals surface area contributed by atoms with Crippen LogP contribution in [0.15, 0.2) is 11.4 Å². The monoisotopic (exact) mass is 224 g/mol. The van der Waals surface area contributed by atoms with E-state index in [-0.39, 0.29) is 11.3 Å². The highest BCUT2D eigenvalue weighted by atomic mass is 32.1. The van der Waals surface area contributed by atoms with Crippen LogP contribution < -0.4 is 11.1 Å². The van der Waals surface area contributed by atoms with Gasteiger partial charge in [0.25, 0.3) is 0 Å². The van der Waals surface area contributed by atoms with E-state index in [1.165, 1.54) is 10.4 Å². The third-order valence-electron chi connectivity index (χ3n) is 3.10. The first-order valence-electron chi connectivity index (χ1n) is 5.19. The summed E-state index contributed by atoms with van der Waals surface area (Å²) in [5, 5.41) is 5.02. The number of thiophene rings is 1. The first-order valence-corrected chi connectivity index (χ1v) is 6.07. The fraction of sp³-hybridized carbons (Fsp3) is 0.545. The number of hydrogen-bond acceptors (Lipinski definition) is 3. The Morgan fingerprint density at radius 2 is 2.40 bits per heavy atom. The van der Waals surface area contributed by atoms with Crippen LogP contribution in [0.2, 0.25) is 0 Å². The second-order valence-corrected chi connectivity index (χ2v) is 5.19. The molecule has 0 spiro atoms. The molecule has 15 heavy (non-hydrogen) atoms. The molecule has 0 unspecified atom stereocenters. The number of aryl methyl sites for hydroxylation is 1. The van der Waals surface area contributed by atoms with Gasteiger partial charge in [-0.25, -0.2) is 0 Å². The molecule has 1 aromatic rings. The molecule has 2 rings (SSSR count). The quantitative estimate of drug-likeness (QED) is 0.812. The Hall–Kier alpha value is -0.870. The maximum Gasteiger partial charge on any atom is 0.227 e. The molecule has 0 aliphatic heterocycles. The molecule has 0 atom stereocenters. The molecular formula is C11H16N2OS. The van der Waals surface area contributed by atoms with Gasteiger partial charge in [-0.2, -0.15) is 0 Å². The van der Waals surface area contributed by atoms with Gasteiger partial charge in [-0.3, -0.25) is 4.79 Å². The predicted molar refractivity (Wildman–Crippen MR) is 61.6 cm³/mol. The van der Waals surface area contributed by atoms with Crippen molar-refractivity contribution in [2.24, 2.45) is 11.1 Å². The Balaban J connectivity index is 1.89. The Morgan fingerprint density at radius 1 is 1.67 bits per heavy atom. The molecule has 1 fully saturated rings. The number of carbonyl (C=O) groups is 1. The van der Waals surface area contributed by atoms with E-state index < -0.39 is 0 Å². The molecule has 3 nitrogen and oxygen atoms in total. The number of amides is 1. The SMILES string of the molecule is Cc1ccsc1CNC(=O)C1(CN)CC1. The van der Waals surface area contributed by atoms with Gasteiger partial charge in [0.05, 0.1) is 12.0 Å². The molecule has 1 aromatic heterocycles. The molecule has 0 radical (unpaired) electrons. The summed E-state index contributed by atoms with van der Waals surface area (Å²) < 4.78 is 0. The lowest BCUT2D eigenvalue weighted by Gasteiger charge is -2.12. The zero-order chi connectivity index (χ0) is 10.9. The Labute approximate surface area is 93.7 Å². The van der Waals surface area contributed by atoms with Crippen molar-refractivity contribution >= 4 is 17.2 Å². The summed E-state index contributed by atoms with van der Waals surface area (Å²) in [7, 11) is 0. The number of hydrogen-bond donors (Lipinski definition) is 2. The van der Waals surface area contributed by atoms with Gasteiger partial charge in [-0.1, -0.05) is 0 Å². The molecular weight excluding hydrogens is 208 g/mol. The second-order valence-electron chi connectivity index (χ2n) is 4.19. The topological polar surface area (TPSA) is 55.1 Å². The zero-order valence-corrected chi connectivity index (χ0v) is 9.69. The lowest BCUT2D eigenvalue weighted by molar-refractivity contribution is -0.126. The van der Waals surface area contributed by atoms with Crippen LogP contribution in [0, 0.1) is 12.3 Å². The summed E-state index contributed by atoms with van der Waals surface area (Å²) >= 11 is 1.68. The van der Waals surface area contributed by atoms with E-state index in [1.54, 1.807) is 11.3 Å². The summed E-state index contributed by atoms with van der Waals surface area (Å²) in [6.45, 7) is 3.18. The lowest BCUT2D eigenvalue weighted by atomic mass is 10.1. The highest BCUT2D eigenvalue weighted by molar-refractivity contribution is 7.10. The van der Waals surface area contributed by atoms with Gasteiger partial charge < -0.3 is 11.1 Å². The van der Waals surface area contributed by atoms with Crippen LogP contribution in [0.3, 0.4) is 0 Å². The van der Waals surface area contributed by atoms with Gasteiger partial charge in [-0.15, -0.1) is 11.3 Å². The van der Waals surface area contributed by atoms with Crippen molar-refractivity contribution in [2.75, 3.05) is 6.54 Å². The molecule has 0 bridgehead atoms. The van der Waals surface area contributed by atoms with Crippen LogP contribution in [-0.4, -0.2) is 12.5 Å². The summed E-state index contributed by atoms with van der Waals surface area (Å²) in [4.78, 5) is 13.0. The van der Waals surface area contributed by atoms with Crippen LogP contribution >= 0.6 is 11.3 Å². The zero-order valence-electron chi connectivity index (χ0n) is 8.88. The fourth-order valence-corrected chi connectivity index (χ4v) is 2.45. The normalized spacial score (nSPS) is 17.5. The summed E-state index contributed by atoms with van der Waals surface area (Å²) in [6.07, 6.45) is 1.89. The van der Waals surface area contributed by atoms with Crippen LogP contribution in [-0.2, 0) is 11.3 Å². The van der Waals surface area contributed by atoms with Crippen LogP contribution in [0.5, 0.6) is 0 Å². The van der Waals surface area contributed by atoms with E-state index in [2.05, 4.69) is 18.3 Å². The average molecular weight is 224 g/mol. The third-order valence-corrected chi connectivity index (χ3v) is 4.13. The molecule has 3 N–H and O–H groups in total. The van der Waals surface area contributed by atoms with Gasteiger partial charge in [-0.05, 0) is 36.8 Å². The van der Waals surface area contributed by atoms with E-state index in [0.29, 0.717) is 13.1 Å². The Morgan fingerprint density at radius 3 is 2.87 bits per heavy atom. The van der Waals surface area contributed by atoms with E-state index in [9.17, 15) is 4.79 Å². The fourth-order valence-electron chi connectivity index (χ4n) is 1.61. The van der Waals surface area contributed by atoms with Crippen LogP contribution in [0.25, 0.3) is 0 Å². The molecule has 1 saturated carbocycles. The molecule has 1 amide bonds. The van der Waals surface area contributed by atoms with Crippen molar-refractivity contribution in [3.05, 3.63) is 21.9 Å². The van der Waals surface area contributed by atoms with Crippen molar-refractivity contribution < 1.29 is 4.79 Å². The highest BCUT2D eigenvalue weighted by Gasteiger charge is 2.48. The first-order chi connectivity index (χ1) is 7.18. The molecule has 82 valence electrons. The molecule has 0 saturated heterocycles. The van der Waals surface area contributed by atoms with Gasteiger partial charge >= 0.3 is 0 Å². The number of rotatable bonds is 4. The van der Waals surface area contributed by atoms with Crippen LogP contribution in [0.4, 0.5) is 0 Å². The van der Waals surface area contributed by atoms with Crippen molar-refractivity contribution in [1.82, 2.24) is 5.32 Å². The van der Waals surface area contributed by atoms with E-state index in [1.807, 2.05) is 5.38 Å². The van der Waals surface area contributed by atoms with E-state index in [0.717, 1.165) is 12.8 Å². The van der Waals surface area contributed by atoms with Gasteiger partial charge in [0.1, 0.15) is 0 Å². The van der Waals surface area contributed by atoms with Crippen molar-refractivity contribution in [2.45, 2.75) is 26.3 Å². The maximum atomic E-state index is 11.8. The van der Waals surface area contributed by atoms with E-state index >= 15 is 0 Å². The minimum absolute atomic E-state index is 0.123. The smallest absolute Gasteiger partial charge is 0.227 e. The second kappa shape index (κ2) is 3.94. The maximum absolute atomic E-state index is 11.8. The molecule has 1 aliphatic rings.